The number of ether oxygens (including phenoxy) is 3. The van der Waals surface area contributed by atoms with Crippen molar-refractivity contribution in [2.45, 2.75) is 0 Å². The van der Waals surface area contributed by atoms with Crippen LogP contribution in [0.5, 0.6) is 17.2 Å². The number of hydrogen-bond donors (Lipinski definition) is 1. The molecule has 4 aromatic rings. The van der Waals surface area contributed by atoms with Crippen LogP contribution in [0.3, 0.4) is 0 Å². The largest absolute Gasteiger partial charge is 0.496 e. The molecule has 0 unspecified atom stereocenters. The van der Waals surface area contributed by atoms with Gasteiger partial charge in [0.15, 0.2) is 23.0 Å². The second-order valence-electron chi connectivity index (χ2n) is 6.03. The fourth-order valence-electron chi connectivity index (χ4n) is 3.02. The van der Waals surface area contributed by atoms with Crippen LogP contribution >= 0.6 is 0 Å². The Labute approximate surface area is 162 Å². The number of benzene rings is 2. The number of para-hydroxylation sites is 1. The second kappa shape index (κ2) is 7.48. The third-order valence-corrected chi connectivity index (χ3v) is 4.40. The fraction of sp³-hybridized carbons (Fsp3) is 0.143. The number of fused-ring (bicyclic) bond motifs is 1. The third-order valence-electron chi connectivity index (χ3n) is 4.40. The van der Waals surface area contributed by atoms with Crippen molar-refractivity contribution in [2.75, 3.05) is 26.6 Å². The summed E-state index contributed by atoms with van der Waals surface area (Å²) in [4.78, 5) is 4.42. The highest BCUT2D eigenvalue weighted by Crippen LogP contribution is 2.32. The Morgan fingerprint density at radius 2 is 1.61 bits per heavy atom. The van der Waals surface area contributed by atoms with E-state index in [0.717, 1.165) is 34.2 Å². The molecule has 28 heavy (non-hydrogen) atoms. The minimum atomic E-state index is 0.643. The van der Waals surface area contributed by atoms with Crippen LogP contribution in [-0.2, 0) is 0 Å². The van der Waals surface area contributed by atoms with Gasteiger partial charge >= 0.3 is 0 Å². The normalized spacial score (nSPS) is 10.7. The molecule has 0 aliphatic carbocycles. The summed E-state index contributed by atoms with van der Waals surface area (Å²) < 4.78 is 17.9. The lowest BCUT2D eigenvalue weighted by Crippen LogP contribution is -2.01. The lowest BCUT2D eigenvalue weighted by Gasteiger charge is -2.11. The number of aromatic nitrogens is 3. The minimum Gasteiger partial charge on any atom is -0.496 e. The molecule has 0 amide bonds. The molecule has 0 bridgehead atoms. The van der Waals surface area contributed by atoms with Gasteiger partial charge in [0.25, 0.3) is 0 Å². The van der Waals surface area contributed by atoms with E-state index in [2.05, 4.69) is 10.3 Å². The van der Waals surface area contributed by atoms with Crippen LogP contribution in [0, 0.1) is 0 Å². The topological polar surface area (TPSA) is 69.9 Å². The fourth-order valence-corrected chi connectivity index (χ4v) is 3.02. The number of hydrogen-bond acceptors (Lipinski definition) is 6. The smallest absolute Gasteiger partial charge is 0.162 e. The monoisotopic (exact) mass is 376 g/mol. The van der Waals surface area contributed by atoms with Gasteiger partial charge in [0.2, 0.25) is 0 Å². The first-order valence-corrected chi connectivity index (χ1v) is 8.70. The highest BCUT2D eigenvalue weighted by Gasteiger charge is 2.11. The molecule has 2 aromatic heterocycles. The van der Waals surface area contributed by atoms with Crippen molar-refractivity contribution in [1.29, 1.82) is 0 Å². The van der Waals surface area contributed by atoms with Gasteiger partial charge in [-0.1, -0.05) is 12.1 Å². The van der Waals surface area contributed by atoms with Crippen molar-refractivity contribution in [2.24, 2.45) is 0 Å². The molecule has 1 N–H and O–H groups in total. The summed E-state index contributed by atoms with van der Waals surface area (Å²) in [6, 6.07) is 17.3. The van der Waals surface area contributed by atoms with Gasteiger partial charge < -0.3 is 19.5 Å². The lowest BCUT2D eigenvalue weighted by atomic mass is 10.1. The van der Waals surface area contributed by atoms with Crippen molar-refractivity contribution in [3.63, 3.8) is 0 Å². The minimum absolute atomic E-state index is 0.643. The molecule has 7 heteroatoms. The lowest BCUT2D eigenvalue weighted by molar-refractivity contribution is 0.355. The van der Waals surface area contributed by atoms with Crippen molar-refractivity contribution < 1.29 is 14.2 Å². The number of rotatable bonds is 6. The molecule has 0 saturated heterocycles. The number of imidazole rings is 1. The molecule has 4 rings (SSSR count). The number of nitrogens with one attached hydrogen (secondary N) is 1. The van der Waals surface area contributed by atoms with Crippen LogP contribution in [0.2, 0.25) is 0 Å². The predicted octanol–water partition coefficient (Wildman–Crippen LogP) is 4.17. The highest BCUT2D eigenvalue weighted by atomic mass is 16.5. The number of anilines is 2. The first kappa shape index (κ1) is 17.7. The Morgan fingerprint density at radius 1 is 0.821 bits per heavy atom. The predicted molar refractivity (Wildman–Crippen MR) is 108 cm³/mol. The van der Waals surface area contributed by atoms with E-state index in [0.29, 0.717) is 11.5 Å². The van der Waals surface area contributed by atoms with Crippen LogP contribution < -0.4 is 19.5 Å². The van der Waals surface area contributed by atoms with Crippen molar-refractivity contribution in [1.82, 2.24) is 14.6 Å². The van der Waals surface area contributed by atoms with Gasteiger partial charge in [0.05, 0.1) is 33.2 Å². The number of nitrogens with zero attached hydrogens (tertiary/aromatic N) is 3. The van der Waals surface area contributed by atoms with Gasteiger partial charge in [-0.25, -0.2) is 4.98 Å². The van der Waals surface area contributed by atoms with Gasteiger partial charge in [-0.2, -0.15) is 9.61 Å². The molecule has 2 heterocycles. The zero-order valence-electron chi connectivity index (χ0n) is 15.8. The van der Waals surface area contributed by atoms with Crippen molar-refractivity contribution in [3.8, 4) is 28.5 Å². The van der Waals surface area contributed by atoms with Gasteiger partial charge in [0.1, 0.15) is 5.75 Å². The molecule has 0 fully saturated rings. The van der Waals surface area contributed by atoms with E-state index in [1.54, 1.807) is 32.0 Å². The molecule has 0 atom stereocenters. The molecule has 0 saturated carbocycles. The van der Waals surface area contributed by atoms with Crippen LogP contribution in [-0.4, -0.2) is 35.9 Å². The van der Waals surface area contributed by atoms with E-state index in [4.69, 9.17) is 19.3 Å². The molecule has 7 nitrogen and oxygen atoms in total. The molecule has 0 radical (unpaired) electrons. The second-order valence-corrected chi connectivity index (χ2v) is 6.03. The summed E-state index contributed by atoms with van der Waals surface area (Å²) in [6.45, 7) is 0. The average Bonchev–Trinajstić information content (AvgIpc) is 3.15. The molecule has 142 valence electrons. The Bertz CT molecular complexity index is 1120. The summed E-state index contributed by atoms with van der Waals surface area (Å²) >= 11 is 0. The molecule has 0 aliphatic rings. The van der Waals surface area contributed by atoms with Crippen LogP contribution in [0.1, 0.15) is 0 Å². The Morgan fingerprint density at radius 3 is 2.39 bits per heavy atom. The zero-order chi connectivity index (χ0) is 19.5. The Hall–Kier alpha value is -3.74. The average molecular weight is 376 g/mol. The van der Waals surface area contributed by atoms with Crippen LogP contribution in [0.25, 0.3) is 16.9 Å². The number of methoxy groups -OCH3 is 3. The van der Waals surface area contributed by atoms with E-state index in [1.807, 2.05) is 54.6 Å². The zero-order valence-corrected chi connectivity index (χ0v) is 15.8. The Balaban J connectivity index is 1.73. The van der Waals surface area contributed by atoms with E-state index < -0.39 is 0 Å². The summed E-state index contributed by atoms with van der Waals surface area (Å²) in [7, 11) is 4.87. The molecule has 0 aliphatic heterocycles. The molecule has 2 aromatic carbocycles. The summed E-state index contributed by atoms with van der Waals surface area (Å²) in [5, 5.41) is 8.07. The molecule has 0 spiro atoms. The van der Waals surface area contributed by atoms with Gasteiger partial charge in [0, 0.05) is 17.3 Å². The van der Waals surface area contributed by atoms with E-state index in [1.165, 1.54) is 0 Å². The maximum absolute atomic E-state index is 5.46. The summed E-state index contributed by atoms with van der Waals surface area (Å²) in [5.74, 6) is 2.81. The Kier molecular flexibility index (Phi) is 4.72. The van der Waals surface area contributed by atoms with Gasteiger partial charge in [-0.3, -0.25) is 0 Å². The molecular formula is C21H20N4O3. The van der Waals surface area contributed by atoms with Gasteiger partial charge in [-0.15, -0.1) is 0 Å². The third kappa shape index (κ3) is 3.18. The summed E-state index contributed by atoms with van der Waals surface area (Å²) in [6.07, 6.45) is 1.74. The first-order chi connectivity index (χ1) is 13.7. The maximum Gasteiger partial charge on any atom is 0.162 e. The highest BCUT2D eigenvalue weighted by molar-refractivity contribution is 5.69. The maximum atomic E-state index is 5.46. The van der Waals surface area contributed by atoms with E-state index in [9.17, 15) is 0 Å². The van der Waals surface area contributed by atoms with Crippen LogP contribution in [0.4, 0.5) is 11.5 Å². The summed E-state index contributed by atoms with van der Waals surface area (Å²) in [5.41, 5.74) is 3.28. The standard InChI is InChI=1S/C21H20N4O3/c1-26-17-7-5-4-6-15(17)16-9-11-20-22-13-21(25(20)24-16)23-14-8-10-18(27-2)19(12-14)28-3/h4-13,23H,1-3H3. The molecular weight excluding hydrogens is 356 g/mol. The quantitative estimate of drug-likeness (QED) is 0.545. The SMILES string of the molecule is COc1ccc(Nc2cnc3ccc(-c4ccccc4OC)nn23)cc1OC. The van der Waals surface area contributed by atoms with Gasteiger partial charge in [-0.05, 0) is 36.4 Å². The first-order valence-electron chi connectivity index (χ1n) is 8.70. The van der Waals surface area contributed by atoms with Crippen molar-refractivity contribution >= 4 is 17.2 Å². The van der Waals surface area contributed by atoms with E-state index in [-0.39, 0.29) is 0 Å². The van der Waals surface area contributed by atoms with E-state index >= 15 is 0 Å². The van der Waals surface area contributed by atoms with Crippen molar-refractivity contribution in [3.05, 3.63) is 60.8 Å². The van der Waals surface area contributed by atoms with Crippen LogP contribution in [0.15, 0.2) is 60.8 Å².